The van der Waals surface area contributed by atoms with Gasteiger partial charge < -0.3 is 14.5 Å². The number of nitrogens with zero attached hydrogens (tertiary/aromatic N) is 1. The fourth-order valence-corrected chi connectivity index (χ4v) is 3.41. The summed E-state index contributed by atoms with van der Waals surface area (Å²) in [4.78, 5) is 13.4. The zero-order valence-corrected chi connectivity index (χ0v) is 15.7. The third-order valence-corrected chi connectivity index (χ3v) is 5.18. The lowest BCUT2D eigenvalue weighted by Crippen LogP contribution is -2.10. The van der Waals surface area contributed by atoms with E-state index in [1.165, 1.54) is 11.3 Å². The Morgan fingerprint density at radius 1 is 1.27 bits per heavy atom. The van der Waals surface area contributed by atoms with E-state index in [0.29, 0.717) is 27.1 Å². The van der Waals surface area contributed by atoms with E-state index in [1.54, 1.807) is 36.4 Å². The maximum absolute atomic E-state index is 12.4. The number of furan rings is 1. The highest BCUT2D eigenvalue weighted by Crippen LogP contribution is 2.32. The molecule has 132 valence electrons. The Bertz CT molecular complexity index is 983. The van der Waals surface area contributed by atoms with Gasteiger partial charge in [0.15, 0.2) is 5.76 Å². The summed E-state index contributed by atoms with van der Waals surface area (Å²) in [6.07, 6.45) is 0. The molecule has 3 rings (SSSR count). The monoisotopic (exact) mass is 386 g/mol. The Morgan fingerprint density at radius 3 is 2.69 bits per heavy atom. The van der Waals surface area contributed by atoms with Crippen molar-refractivity contribution in [2.45, 2.75) is 20.5 Å². The highest BCUT2D eigenvalue weighted by atomic mass is 35.5. The smallest absolute Gasteiger partial charge is 0.292 e. The molecule has 0 aliphatic heterocycles. The number of amides is 1. The highest BCUT2D eigenvalue weighted by Gasteiger charge is 2.17. The van der Waals surface area contributed by atoms with Crippen LogP contribution < -0.4 is 10.1 Å². The molecule has 3 aromatic rings. The number of ether oxygens (including phenoxy) is 1. The van der Waals surface area contributed by atoms with Crippen LogP contribution in [0.25, 0.3) is 0 Å². The first-order valence-electron chi connectivity index (χ1n) is 7.76. The molecular formula is C19H15ClN2O3S. The summed E-state index contributed by atoms with van der Waals surface area (Å²) in [5.74, 6) is 0.928. The van der Waals surface area contributed by atoms with E-state index >= 15 is 0 Å². The highest BCUT2D eigenvalue weighted by molar-refractivity contribution is 7.16. The number of rotatable bonds is 5. The van der Waals surface area contributed by atoms with Crippen LogP contribution in [0, 0.1) is 25.2 Å². The van der Waals surface area contributed by atoms with Gasteiger partial charge in [-0.05, 0) is 55.8 Å². The first kappa shape index (κ1) is 18.1. The second kappa shape index (κ2) is 7.65. The summed E-state index contributed by atoms with van der Waals surface area (Å²) in [5.41, 5.74) is 1.36. The molecule has 1 aromatic carbocycles. The Kier molecular flexibility index (Phi) is 5.31. The number of benzene rings is 1. The minimum Gasteiger partial charge on any atom is -0.486 e. The van der Waals surface area contributed by atoms with Crippen molar-refractivity contribution in [2.24, 2.45) is 0 Å². The number of halogens is 1. The van der Waals surface area contributed by atoms with E-state index < -0.39 is 5.91 Å². The molecule has 0 radical (unpaired) electrons. The van der Waals surface area contributed by atoms with Crippen molar-refractivity contribution in [3.8, 4) is 11.8 Å². The van der Waals surface area contributed by atoms with Gasteiger partial charge in [-0.25, -0.2) is 0 Å². The third kappa shape index (κ3) is 3.90. The molecule has 0 bridgehead atoms. The minimum atomic E-state index is -0.402. The number of nitriles is 1. The normalized spacial score (nSPS) is 10.4. The SMILES string of the molecule is Cc1sc(NC(=O)c2ccc(COc3ccc(Cl)cc3)o2)c(C#N)c1C. The number of nitrogens with one attached hydrogen (secondary N) is 1. The summed E-state index contributed by atoms with van der Waals surface area (Å²) in [5, 5.41) is 13.2. The number of thiophene rings is 1. The van der Waals surface area contributed by atoms with Gasteiger partial charge in [-0.15, -0.1) is 11.3 Å². The zero-order valence-electron chi connectivity index (χ0n) is 14.1. The van der Waals surface area contributed by atoms with E-state index in [0.717, 1.165) is 10.4 Å². The average Bonchev–Trinajstić information content (AvgIpc) is 3.20. The third-order valence-electron chi connectivity index (χ3n) is 3.80. The maximum atomic E-state index is 12.4. The van der Waals surface area contributed by atoms with Crippen molar-refractivity contribution in [3.63, 3.8) is 0 Å². The van der Waals surface area contributed by atoms with Gasteiger partial charge in [0.05, 0.1) is 5.56 Å². The summed E-state index contributed by atoms with van der Waals surface area (Å²) in [7, 11) is 0. The van der Waals surface area contributed by atoms with Gasteiger partial charge in [0, 0.05) is 9.90 Å². The number of carbonyl (C=O) groups excluding carboxylic acids is 1. The van der Waals surface area contributed by atoms with Crippen LogP contribution in [-0.4, -0.2) is 5.91 Å². The van der Waals surface area contributed by atoms with Gasteiger partial charge in [0.1, 0.15) is 29.2 Å². The lowest BCUT2D eigenvalue weighted by Gasteiger charge is -2.04. The van der Waals surface area contributed by atoms with E-state index in [-0.39, 0.29) is 12.4 Å². The van der Waals surface area contributed by atoms with E-state index in [9.17, 15) is 10.1 Å². The molecule has 1 N–H and O–H groups in total. The standard InChI is InChI=1S/C19H15ClN2O3S/c1-11-12(2)26-19(16(11)9-21)22-18(23)17-8-7-15(25-17)10-24-14-5-3-13(20)4-6-14/h3-8H,10H2,1-2H3,(H,22,23). The van der Waals surface area contributed by atoms with E-state index in [1.807, 2.05) is 13.8 Å². The van der Waals surface area contributed by atoms with Gasteiger partial charge in [0.25, 0.3) is 5.91 Å². The van der Waals surface area contributed by atoms with E-state index in [2.05, 4.69) is 11.4 Å². The van der Waals surface area contributed by atoms with Crippen LogP contribution in [0.3, 0.4) is 0 Å². The molecule has 5 nitrogen and oxygen atoms in total. The molecule has 0 saturated heterocycles. The van der Waals surface area contributed by atoms with Crippen molar-refractivity contribution in [1.29, 1.82) is 5.26 Å². The Hall–Kier alpha value is -2.75. The molecule has 26 heavy (non-hydrogen) atoms. The largest absolute Gasteiger partial charge is 0.486 e. The molecule has 0 fully saturated rings. The lowest BCUT2D eigenvalue weighted by molar-refractivity contribution is 0.0993. The summed E-state index contributed by atoms with van der Waals surface area (Å²) in [6.45, 7) is 3.96. The molecule has 1 amide bonds. The van der Waals surface area contributed by atoms with Crippen LogP contribution in [0.1, 0.15) is 32.3 Å². The number of carbonyl (C=O) groups is 1. The van der Waals surface area contributed by atoms with Crippen molar-refractivity contribution in [2.75, 3.05) is 5.32 Å². The molecule has 2 aromatic heterocycles. The van der Waals surface area contributed by atoms with Crippen molar-refractivity contribution >= 4 is 33.8 Å². The van der Waals surface area contributed by atoms with Crippen molar-refractivity contribution < 1.29 is 13.9 Å². The van der Waals surface area contributed by atoms with Gasteiger partial charge in [0.2, 0.25) is 0 Å². The maximum Gasteiger partial charge on any atom is 0.292 e. The first-order valence-corrected chi connectivity index (χ1v) is 8.96. The van der Waals surface area contributed by atoms with Crippen LogP contribution >= 0.6 is 22.9 Å². The number of hydrogen-bond donors (Lipinski definition) is 1. The van der Waals surface area contributed by atoms with Crippen LogP contribution in [0.15, 0.2) is 40.8 Å². The van der Waals surface area contributed by atoms with Crippen LogP contribution in [0.5, 0.6) is 5.75 Å². The molecule has 2 heterocycles. The van der Waals surface area contributed by atoms with Crippen molar-refractivity contribution in [3.05, 3.63) is 68.9 Å². The quantitative estimate of drug-likeness (QED) is 0.644. The molecule has 0 saturated carbocycles. The minimum absolute atomic E-state index is 0.160. The molecule has 0 spiro atoms. The number of anilines is 1. The number of aryl methyl sites for hydroxylation is 1. The summed E-state index contributed by atoms with van der Waals surface area (Å²) >= 11 is 7.20. The van der Waals surface area contributed by atoms with E-state index in [4.69, 9.17) is 20.8 Å². The summed E-state index contributed by atoms with van der Waals surface area (Å²) in [6, 6.07) is 12.4. The van der Waals surface area contributed by atoms with Crippen LogP contribution in [-0.2, 0) is 6.61 Å². The first-order chi connectivity index (χ1) is 12.5. The topological polar surface area (TPSA) is 75.3 Å². The summed E-state index contributed by atoms with van der Waals surface area (Å²) < 4.78 is 11.1. The second-order valence-electron chi connectivity index (χ2n) is 5.56. The number of hydrogen-bond acceptors (Lipinski definition) is 5. The predicted octanol–water partition coefficient (Wildman–Crippen LogP) is 5.31. The Morgan fingerprint density at radius 2 is 2.00 bits per heavy atom. The molecule has 0 unspecified atom stereocenters. The van der Waals surface area contributed by atoms with Gasteiger partial charge in [-0.2, -0.15) is 5.26 Å². The van der Waals surface area contributed by atoms with Crippen LogP contribution in [0.2, 0.25) is 5.02 Å². The van der Waals surface area contributed by atoms with Gasteiger partial charge in [-0.1, -0.05) is 11.6 Å². The van der Waals surface area contributed by atoms with Crippen molar-refractivity contribution in [1.82, 2.24) is 0 Å². The Balaban J connectivity index is 1.66. The van der Waals surface area contributed by atoms with Crippen LogP contribution in [0.4, 0.5) is 5.00 Å². The average molecular weight is 387 g/mol. The molecule has 0 atom stereocenters. The Labute approximate surface area is 159 Å². The lowest BCUT2D eigenvalue weighted by atomic mass is 10.2. The van der Waals surface area contributed by atoms with Gasteiger partial charge in [-0.3, -0.25) is 4.79 Å². The molecule has 7 heteroatoms. The molecule has 0 aliphatic rings. The zero-order chi connectivity index (χ0) is 18.7. The predicted molar refractivity (Wildman–Crippen MR) is 101 cm³/mol. The molecular weight excluding hydrogens is 372 g/mol. The second-order valence-corrected chi connectivity index (χ2v) is 7.22. The fourth-order valence-electron chi connectivity index (χ4n) is 2.28. The fraction of sp³-hybridized carbons (Fsp3) is 0.158. The molecule has 0 aliphatic carbocycles. The van der Waals surface area contributed by atoms with Gasteiger partial charge >= 0.3 is 0 Å².